The van der Waals surface area contributed by atoms with E-state index in [0.29, 0.717) is 18.2 Å². The highest BCUT2D eigenvalue weighted by molar-refractivity contribution is 5.51. The predicted molar refractivity (Wildman–Crippen MR) is 75.9 cm³/mol. The van der Waals surface area contributed by atoms with E-state index in [9.17, 15) is 0 Å². The van der Waals surface area contributed by atoms with Crippen molar-refractivity contribution < 1.29 is 9.47 Å². The molecule has 0 amide bonds. The van der Waals surface area contributed by atoms with Gasteiger partial charge < -0.3 is 15.2 Å². The number of nitrogens with two attached hydrogens (primary N) is 1. The van der Waals surface area contributed by atoms with Gasteiger partial charge in [0.1, 0.15) is 5.75 Å². The van der Waals surface area contributed by atoms with Crippen molar-refractivity contribution in [2.45, 2.75) is 33.1 Å². The van der Waals surface area contributed by atoms with Crippen LogP contribution in [0.3, 0.4) is 0 Å². The summed E-state index contributed by atoms with van der Waals surface area (Å²) in [6.45, 7) is 6.68. The van der Waals surface area contributed by atoms with Gasteiger partial charge in [-0.3, -0.25) is 0 Å². The summed E-state index contributed by atoms with van der Waals surface area (Å²) in [5.74, 6) is 1.41. The van der Waals surface area contributed by atoms with Crippen molar-refractivity contribution >= 4 is 5.69 Å². The third-order valence-corrected chi connectivity index (χ3v) is 2.79. The van der Waals surface area contributed by atoms with Gasteiger partial charge in [-0.25, -0.2) is 0 Å². The molecule has 1 rings (SSSR count). The monoisotopic (exact) mass is 251 g/mol. The van der Waals surface area contributed by atoms with E-state index < -0.39 is 0 Å². The largest absolute Gasteiger partial charge is 0.491 e. The molecule has 0 spiro atoms. The summed E-state index contributed by atoms with van der Waals surface area (Å²) in [5, 5.41) is 0. The minimum Gasteiger partial charge on any atom is -0.491 e. The minimum atomic E-state index is 0.649. The SMILES string of the molecule is CCCC(C)COCCCOc1ccccc1N. The molecule has 0 radical (unpaired) electrons. The zero-order valence-electron chi connectivity index (χ0n) is 11.5. The summed E-state index contributed by atoms with van der Waals surface area (Å²) in [5.41, 5.74) is 6.47. The average molecular weight is 251 g/mol. The van der Waals surface area contributed by atoms with Crippen LogP contribution in [-0.2, 0) is 4.74 Å². The fraction of sp³-hybridized carbons (Fsp3) is 0.600. The van der Waals surface area contributed by atoms with Crippen LogP contribution in [0.4, 0.5) is 5.69 Å². The normalized spacial score (nSPS) is 12.3. The van der Waals surface area contributed by atoms with Crippen molar-refractivity contribution in [1.29, 1.82) is 0 Å². The van der Waals surface area contributed by atoms with Crippen molar-refractivity contribution in [3.63, 3.8) is 0 Å². The van der Waals surface area contributed by atoms with Crippen LogP contribution in [0.25, 0.3) is 0 Å². The maximum atomic E-state index is 5.78. The summed E-state index contributed by atoms with van der Waals surface area (Å²) < 4.78 is 11.2. The van der Waals surface area contributed by atoms with Crippen LogP contribution >= 0.6 is 0 Å². The number of rotatable bonds is 9. The molecular weight excluding hydrogens is 226 g/mol. The van der Waals surface area contributed by atoms with Crippen LogP contribution in [0.2, 0.25) is 0 Å². The Hall–Kier alpha value is -1.22. The Balaban J connectivity index is 2.04. The maximum Gasteiger partial charge on any atom is 0.142 e. The molecule has 0 fully saturated rings. The molecule has 0 aliphatic carbocycles. The first-order valence-corrected chi connectivity index (χ1v) is 6.79. The highest BCUT2D eigenvalue weighted by Gasteiger charge is 2.01. The summed E-state index contributed by atoms with van der Waals surface area (Å²) >= 11 is 0. The molecule has 0 aliphatic heterocycles. The molecule has 1 aromatic rings. The van der Waals surface area contributed by atoms with Gasteiger partial charge in [0.15, 0.2) is 0 Å². The van der Waals surface area contributed by atoms with Crippen molar-refractivity contribution in [1.82, 2.24) is 0 Å². The molecule has 1 atom stereocenters. The Labute approximate surface area is 110 Å². The summed E-state index contributed by atoms with van der Waals surface area (Å²) in [7, 11) is 0. The number of anilines is 1. The van der Waals surface area contributed by atoms with E-state index in [1.54, 1.807) is 0 Å². The third-order valence-electron chi connectivity index (χ3n) is 2.79. The van der Waals surface area contributed by atoms with Gasteiger partial charge in [-0.15, -0.1) is 0 Å². The zero-order valence-corrected chi connectivity index (χ0v) is 11.5. The molecule has 1 unspecified atom stereocenters. The second-order valence-electron chi connectivity index (χ2n) is 4.71. The molecule has 3 heteroatoms. The fourth-order valence-corrected chi connectivity index (χ4v) is 1.82. The number of para-hydroxylation sites is 2. The van der Waals surface area contributed by atoms with Gasteiger partial charge in [0.25, 0.3) is 0 Å². The Morgan fingerprint density at radius 3 is 2.72 bits per heavy atom. The van der Waals surface area contributed by atoms with Crippen molar-refractivity contribution in [3.05, 3.63) is 24.3 Å². The van der Waals surface area contributed by atoms with E-state index in [1.165, 1.54) is 12.8 Å². The van der Waals surface area contributed by atoms with E-state index in [2.05, 4.69) is 13.8 Å². The molecule has 2 N–H and O–H groups in total. The van der Waals surface area contributed by atoms with E-state index in [0.717, 1.165) is 25.4 Å². The quantitative estimate of drug-likeness (QED) is 0.539. The first-order chi connectivity index (χ1) is 8.74. The predicted octanol–water partition coefficient (Wildman–Crippen LogP) is 3.49. The van der Waals surface area contributed by atoms with Gasteiger partial charge in [-0.1, -0.05) is 32.4 Å². The van der Waals surface area contributed by atoms with E-state index in [4.69, 9.17) is 15.2 Å². The molecule has 0 saturated carbocycles. The molecule has 3 nitrogen and oxygen atoms in total. The summed E-state index contributed by atoms with van der Waals surface area (Å²) in [6, 6.07) is 7.56. The van der Waals surface area contributed by atoms with Crippen LogP contribution in [0, 0.1) is 5.92 Å². The smallest absolute Gasteiger partial charge is 0.142 e. The molecule has 18 heavy (non-hydrogen) atoms. The zero-order chi connectivity index (χ0) is 13.2. The number of hydrogen-bond donors (Lipinski definition) is 1. The lowest BCUT2D eigenvalue weighted by Crippen LogP contribution is -2.09. The third kappa shape index (κ3) is 5.92. The number of benzene rings is 1. The van der Waals surface area contributed by atoms with Crippen LogP contribution in [0.1, 0.15) is 33.1 Å². The van der Waals surface area contributed by atoms with Gasteiger partial charge in [-0.2, -0.15) is 0 Å². The first-order valence-electron chi connectivity index (χ1n) is 6.79. The summed E-state index contributed by atoms with van der Waals surface area (Å²) in [6.07, 6.45) is 3.35. The standard InChI is InChI=1S/C15H25NO2/c1-3-7-13(2)12-17-10-6-11-18-15-9-5-4-8-14(15)16/h4-5,8-9,13H,3,6-7,10-12,16H2,1-2H3. The van der Waals surface area contributed by atoms with Gasteiger partial charge in [-0.05, 0) is 24.5 Å². The molecule has 0 aromatic heterocycles. The number of nitrogen functional groups attached to an aromatic ring is 1. The van der Waals surface area contributed by atoms with Crippen LogP contribution in [0.15, 0.2) is 24.3 Å². The highest BCUT2D eigenvalue weighted by Crippen LogP contribution is 2.19. The van der Waals surface area contributed by atoms with Crippen LogP contribution in [0.5, 0.6) is 5.75 Å². The number of ether oxygens (including phenoxy) is 2. The Kier molecular flexibility index (Phi) is 7.26. The Morgan fingerprint density at radius 2 is 2.00 bits per heavy atom. The van der Waals surface area contributed by atoms with E-state index >= 15 is 0 Å². The van der Waals surface area contributed by atoms with Crippen LogP contribution in [-0.4, -0.2) is 19.8 Å². The fourth-order valence-electron chi connectivity index (χ4n) is 1.82. The Bertz CT molecular complexity index is 328. The highest BCUT2D eigenvalue weighted by atomic mass is 16.5. The van der Waals surface area contributed by atoms with Crippen molar-refractivity contribution in [2.24, 2.45) is 5.92 Å². The van der Waals surface area contributed by atoms with Gasteiger partial charge >= 0.3 is 0 Å². The lowest BCUT2D eigenvalue weighted by molar-refractivity contribution is 0.0911. The molecule has 0 saturated heterocycles. The minimum absolute atomic E-state index is 0.649. The lowest BCUT2D eigenvalue weighted by Gasteiger charge is -2.11. The molecular formula is C15H25NO2. The summed E-state index contributed by atoms with van der Waals surface area (Å²) in [4.78, 5) is 0. The first kappa shape index (κ1) is 14.8. The second-order valence-corrected chi connectivity index (χ2v) is 4.71. The Morgan fingerprint density at radius 1 is 1.22 bits per heavy atom. The molecule has 102 valence electrons. The van der Waals surface area contributed by atoms with E-state index in [1.807, 2.05) is 24.3 Å². The van der Waals surface area contributed by atoms with Crippen molar-refractivity contribution in [3.8, 4) is 5.75 Å². The van der Waals surface area contributed by atoms with E-state index in [-0.39, 0.29) is 0 Å². The maximum absolute atomic E-state index is 5.78. The van der Waals surface area contributed by atoms with Crippen molar-refractivity contribution in [2.75, 3.05) is 25.6 Å². The van der Waals surface area contributed by atoms with Gasteiger partial charge in [0, 0.05) is 19.6 Å². The average Bonchev–Trinajstić information content (AvgIpc) is 2.36. The van der Waals surface area contributed by atoms with Crippen LogP contribution < -0.4 is 10.5 Å². The topological polar surface area (TPSA) is 44.5 Å². The lowest BCUT2D eigenvalue weighted by atomic mass is 10.1. The molecule has 0 heterocycles. The molecule has 0 aliphatic rings. The molecule has 0 bridgehead atoms. The second kappa shape index (κ2) is 8.81. The van der Waals surface area contributed by atoms with Gasteiger partial charge in [0.05, 0.1) is 12.3 Å². The van der Waals surface area contributed by atoms with Gasteiger partial charge in [0.2, 0.25) is 0 Å². The number of hydrogen-bond acceptors (Lipinski definition) is 3. The molecule has 1 aromatic carbocycles.